The van der Waals surface area contributed by atoms with Gasteiger partial charge >= 0.3 is 0 Å². The predicted octanol–water partition coefficient (Wildman–Crippen LogP) is 1.94. The van der Waals surface area contributed by atoms with E-state index in [2.05, 4.69) is 10.2 Å². The molecule has 0 aromatic heterocycles. The van der Waals surface area contributed by atoms with E-state index in [0.29, 0.717) is 18.4 Å². The summed E-state index contributed by atoms with van der Waals surface area (Å²) in [5.41, 5.74) is -0.137. The van der Waals surface area contributed by atoms with Crippen LogP contribution >= 0.6 is 0 Å². The maximum absolute atomic E-state index is 12.7. The lowest BCUT2D eigenvalue weighted by molar-refractivity contribution is -0.144. The molecule has 1 aliphatic heterocycles. The number of amides is 1. The topological polar surface area (TPSA) is 41.6 Å². The summed E-state index contributed by atoms with van der Waals surface area (Å²) in [6.07, 6.45) is 8.95. The SMILES string of the molecule is COC1(CC(=O)N(CC2CC2)CC2CCCN2)CCC1. The summed E-state index contributed by atoms with van der Waals surface area (Å²) >= 11 is 0. The first-order chi connectivity index (χ1) is 9.71. The number of carbonyl (C=O) groups excluding carboxylic acids is 1. The minimum atomic E-state index is -0.137. The number of rotatable bonds is 7. The number of hydrogen-bond acceptors (Lipinski definition) is 3. The molecule has 4 nitrogen and oxygen atoms in total. The van der Waals surface area contributed by atoms with Crippen LogP contribution in [0.1, 0.15) is 51.4 Å². The van der Waals surface area contributed by atoms with Crippen molar-refractivity contribution < 1.29 is 9.53 Å². The molecule has 1 N–H and O–H groups in total. The van der Waals surface area contributed by atoms with Crippen molar-refractivity contribution in [3.8, 4) is 0 Å². The summed E-state index contributed by atoms with van der Waals surface area (Å²) in [4.78, 5) is 14.8. The van der Waals surface area contributed by atoms with Gasteiger partial charge in [0.05, 0.1) is 12.0 Å². The quantitative estimate of drug-likeness (QED) is 0.775. The highest BCUT2D eigenvalue weighted by molar-refractivity contribution is 5.77. The zero-order chi connectivity index (χ0) is 14.0. The minimum Gasteiger partial charge on any atom is -0.378 e. The standard InChI is InChI=1S/C16H28N2O2/c1-20-16(7-3-8-16)10-15(19)18(11-13-5-6-13)12-14-4-2-9-17-14/h13-14,17H,2-12H2,1H3. The Balaban J connectivity index is 1.56. The number of ether oxygens (including phenoxy) is 1. The third kappa shape index (κ3) is 3.34. The van der Waals surface area contributed by atoms with Crippen LogP contribution in [0.3, 0.4) is 0 Å². The van der Waals surface area contributed by atoms with Gasteiger partial charge in [-0.25, -0.2) is 0 Å². The van der Waals surface area contributed by atoms with Gasteiger partial charge in [0, 0.05) is 26.2 Å². The second kappa shape index (κ2) is 6.02. The molecular weight excluding hydrogens is 252 g/mol. The van der Waals surface area contributed by atoms with Crippen LogP contribution in [0.5, 0.6) is 0 Å². The Morgan fingerprint density at radius 2 is 2.05 bits per heavy atom. The maximum Gasteiger partial charge on any atom is 0.225 e. The van der Waals surface area contributed by atoms with Crippen LogP contribution in [0.25, 0.3) is 0 Å². The molecule has 4 heteroatoms. The van der Waals surface area contributed by atoms with Crippen LogP contribution in [-0.2, 0) is 9.53 Å². The summed E-state index contributed by atoms with van der Waals surface area (Å²) in [5.74, 6) is 1.08. The lowest BCUT2D eigenvalue weighted by Gasteiger charge is -2.41. The zero-order valence-electron chi connectivity index (χ0n) is 12.7. The molecule has 1 atom stereocenters. The highest BCUT2D eigenvalue weighted by Gasteiger charge is 2.41. The van der Waals surface area contributed by atoms with Gasteiger partial charge < -0.3 is 15.0 Å². The first-order valence-electron chi connectivity index (χ1n) is 8.27. The van der Waals surface area contributed by atoms with Crippen molar-refractivity contribution >= 4 is 5.91 Å². The number of methoxy groups -OCH3 is 1. The summed E-state index contributed by atoms with van der Waals surface area (Å²) in [7, 11) is 1.76. The van der Waals surface area contributed by atoms with Gasteiger partial charge in [-0.2, -0.15) is 0 Å². The Bertz CT molecular complexity index is 339. The van der Waals surface area contributed by atoms with E-state index >= 15 is 0 Å². The first-order valence-corrected chi connectivity index (χ1v) is 8.27. The second-order valence-electron chi connectivity index (χ2n) is 6.95. The molecule has 2 aliphatic carbocycles. The minimum absolute atomic E-state index is 0.137. The maximum atomic E-state index is 12.7. The molecule has 0 radical (unpaired) electrons. The summed E-state index contributed by atoms with van der Waals surface area (Å²) in [5, 5.41) is 3.52. The Morgan fingerprint density at radius 3 is 2.55 bits per heavy atom. The summed E-state index contributed by atoms with van der Waals surface area (Å²) in [6, 6.07) is 0.512. The van der Waals surface area contributed by atoms with Crippen molar-refractivity contribution in [2.75, 3.05) is 26.7 Å². The Kier molecular flexibility index (Phi) is 4.32. The molecule has 2 saturated carbocycles. The first kappa shape index (κ1) is 14.3. The van der Waals surface area contributed by atoms with Crippen molar-refractivity contribution in [3.63, 3.8) is 0 Å². The Labute approximate surface area is 122 Å². The van der Waals surface area contributed by atoms with Crippen LogP contribution in [0.15, 0.2) is 0 Å². The smallest absolute Gasteiger partial charge is 0.225 e. The van der Waals surface area contributed by atoms with E-state index in [1.165, 1.54) is 32.1 Å². The van der Waals surface area contributed by atoms with Crippen molar-refractivity contribution in [2.24, 2.45) is 5.92 Å². The monoisotopic (exact) mass is 280 g/mol. The van der Waals surface area contributed by atoms with Gasteiger partial charge in [0.2, 0.25) is 5.91 Å². The van der Waals surface area contributed by atoms with Crippen LogP contribution in [0, 0.1) is 5.92 Å². The van der Waals surface area contributed by atoms with E-state index in [9.17, 15) is 4.79 Å². The average Bonchev–Trinajstić information content (AvgIpc) is 3.07. The molecule has 1 heterocycles. The lowest BCUT2D eigenvalue weighted by atomic mass is 9.77. The number of hydrogen-bond donors (Lipinski definition) is 1. The van der Waals surface area contributed by atoms with Crippen LogP contribution in [0.2, 0.25) is 0 Å². The molecule has 114 valence electrons. The van der Waals surface area contributed by atoms with Gasteiger partial charge in [-0.15, -0.1) is 0 Å². The van der Waals surface area contributed by atoms with Gasteiger partial charge in [0.1, 0.15) is 0 Å². The van der Waals surface area contributed by atoms with E-state index in [1.807, 2.05) is 0 Å². The van der Waals surface area contributed by atoms with Crippen LogP contribution < -0.4 is 5.32 Å². The molecule has 3 fully saturated rings. The number of nitrogens with zero attached hydrogens (tertiary/aromatic N) is 1. The highest BCUT2D eigenvalue weighted by Crippen LogP contribution is 2.39. The summed E-state index contributed by atoms with van der Waals surface area (Å²) < 4.78 is 5.62. The van der Waals surface area contributed by atoms with Gasteiger partial charge in [0.15, 0.2) is 0 Å². The average molecular weight is 280 g/mol. The fourth-order valence-electron chi connectivity index (χ4n) is 3.48. The number of carbonyl (C=O) groups is 1. The molecule has 20 heavy (non-hydrogen) atoms. The van der Waals surface area contributed by atoms with Crippen molar-refractivity contribution in [2.45, 2.75) is 63.0 Å². The molecule has 1 saturated heterocycles. The third-order valence-electron chi connectivity index (χ3n) is 5.30. The molecule has 0 aromatic rings. The van der Waals surface area contributed by atoms with E-state index in [-0.39, 0.29) is 5.60 Å². The van der Waals surface area contributed by atoms with E-state index in [1.54, 1.807) is 7.11 Å². The van der Waals surface area contributed by atoms with Gasteiger partial charge in [-0.3, -0.25) is 4.79 Å². The normalized spacial score (nSPS) is 28.1. The van der Waals surface area contributed by atoms with Crippen molar-refractivity contribution in [3.05, 3.63) is 0 Å². The van der Waals surface area contributed by atoms with Crippen LogP contribution in [0.4, 0.5) is 0 Å². The largest absolute Gasteiger partial charge is 0.378 e. The van der Waals surface area contributed by atoms with Crippen LogP contribution in [-0.4, -0.2) is 49.2 Å². The van der Waals surface area contributed by atoms with Gasteiger partial charge in [0.25, 0.3) is 0 Å². The highest BCUT2D eigenvalue weighted by atomic mass is 16.5. The van der Waals surface area contributed by atoms with Crippen molar-refractivity contribution in [1.29, 1.82) is 0 Å². The molecule has 1 unspecified atom stereocenters. The van der Waals surface area contributed by atoms with E-state index in [4.69, 9.17) is 4.74 Å². The number of nitrogens with one attached hydrogen (secondary N) is 1. The molecule has 1 amide bonds. The third-order valence-corrected chi connectivity index (χ3v) is 5.30. The van der Waals surface area contributed by atoms with Gasteiger partial charge in [-0.1, -0.05) is 0 Å². The van der Waals surface area contributed by atoms with Gasteiger partial charge in [-0.05, 0) is 57.4 Å². The fourth-order valence-corrected chi connectivity index (χ4v) is 3.48. The fraction of sp³-hybridized carbons (Fsp3) is 0.938. The van der Waals surface area contributed by atoms with E-state index in [0.717, 1.165) is 38.4 Å². The second-order valence-corrected chi connectivity index (χ2v) is 6.95. The predicted molar refractivity (Wildman–Crippen MR) is 78.5 cm³/mol. The zero-order valence-corrected chi connectivity index (χ0v) is 12.7. The Hall–Kier alpha value is -0.610. The van der Waals surface area contributed by atoms with Crippen molar-refractivity contribution in [1.82, 2.24) is 10.2 Å². The molecule has 3 rings (SSSR count). The van der Waals surface area contributed by atoms with E-state index < -0.39 is 0 Å². The molecule has 0 aromatic carbocycles. The lowest BCUT2D eigenvalue weighted by Crippen LogP contribution is -2.48. The Morgan fingerprint density at radius 1 is 1.25 bits per heavy atom. The molecule has 0 spiro atoms. The molecular formula is C16H28N2O2. The molecule has 3 aliphatic rings. The molecule has 0 bridgehead atoms. The summed E-state index contributed by atoms with van der Waals surface area (Å²) in [6.45, 7) is 2.98.